The lowest BCUT2D eigenvalue weighted by atomic mass is 9.99. The number of piperazine rings is 1. The van der Waals surface area contributed by atoms with Crippen molar-refractivity contribution < 1.29 is 33.8 Å². The molecule has 0 radical (unpaired) electrons. The van der Waals surface area contributed by atoms with Crippen LogP contribution < -0.4 is 15.4 Å². The van der Waals surface area contributed by atoms with Gasteiger partial charge in [-0.2, -0.15) is 4.98 Å². The molecule has 12 nitrogen and oxygen atoms in total. The SMILES string of the molecule is CCOC(=O)N1CCNCC1C(=O)[C@H](CC(=O)O)NC(=O)c1cc(OC2CCCC2)nc(-c2ccccc2)n1. The Balaban J connectivity index is 1.60. The summed E-state index contributed by atoms with van der Waals surface area (Å²) in [5.41, 5.74) is 0.601. The van der Waals surface area contributed by atoms with Crippen LogP contribution in [0.3, 0.4) is 0 Å². The van der Waals surface area contributed by atoms with Gasteiger partial charge in [0.05, 0.1) is 13.0 Å². The molecule has 2 fully saturated rings. The molecular weight excluding hydrogens is 506 g/mol. The lowest BCUT2D eigenvalue weighted by Crippen LogP contribution is -2.61. The van der Waals surface area contributed by atoms with Gasteiger partial charge in [-0.25, -0.2) is 9.78 Å². The van der Waals surface area contributed by atoms with E-state index in [0.717, 1.165) is 25.7 Å². The standard InChI is InChI=1S/C27H33N5O7/c1-2-38-27(37)32-13-12-28-16-21(32)24(35)19(15-23(33)34)30-26(36)20-14-22(39-18-10-6-7-11-18)31-25(29-20)17-8-4-3-5-9-17/h3-5,8-9,14,18-19,21,28H,2,6-7,10-13,15-16H2,1H3,(H,30,36)(H,33,34)/t19-,21?/m0/s1. The highest BCUT2D eigenvalue weighted by Crippen LogP contribution is 2.25. The molecule has 208 valence electrons. The van der Waals surface area contributed by atoms with Gasteiger partial charge in [-0.3, -0.25) is 19.3 Å². The van der Waals surface area contributed by atoms with Crippen molar-refractivity contribution in [1.82, 2.24) is 25.5 Å². The van der Waals surface area contributed by atoms with Crippen LogP contribution in [0.2, 0.25) is 0 Å². The number of rotatable bonds is 10. The summed E-state index contributed by atoms with van der Waals surface area (Å²) >= 11 is 0. The van der Waals surface area contributed by atoms with E-state index >= 15 is 0 Å². The Hall–Kier alpha value is -4.06. The third-order valence-electron chi connectivity index (χ3n) is 6.66. The summed E-state index contributed by atoms with van der Waals surface area (Å²) in [6, 6.07) is 8.06. The maximum absolute atomic E-state index is 13.5. The predicted octanol–water partition coefficient (Wildman–Crippen LogP) is 2.04. The van der Waals surface area contributed by atoms with Gasteiger partial charge in [-0.1, -0.05) is 30.3 Å². The minimum absolute atomic E-state index is 0.0200. The molecule has 1 aliphatic heterocycles. The molecule has 1 aliphatic carbocycles. The van der Waals surface area contributed by atoms with Crippen LogP contribution >= 0.6 is 0 Å². The first-order valence-corrected chi connectivity index (χ1v) is 13.2. The van der Waals surface area contributed by atoms with E-state index in [2.05, 4.69) is 20.6 Å². The van der Waals surface area contributed by atoms with Gasteiger partial charge in [0.15, 0.2) is 11.6 Å². The van der Waals surface area contributed by atoms with E-state index in [9.17, 15) is 24.3 Å². The van der Waals surface area contributed by atoms with Gasteiger partial charge in [0.25, 0.3) is 5.91 Å². The van der Waals surface area contributed by atoms with Crippen LogP contribution in [0.25, 0.3) is 11.4 Å². The highest BCUT2D eigenvalue weighted by Gasteiger charge is 2.38. The summed E-state index contributed by atoms with van der Waals surface area (Å²) < 4.78 is 11.1. The molecule has 1 saturated carbocycles. The molecule has 2 heterocycles. The molecule has 39 heavy (non-hydrogen) atoms. The van der Waals surface area contributed by atoms with Crippen LogP contribution in [0.1, 0.15) is 49.5 Å². The number of Topliss-reactive ketones (excluding diaryl/α,β-unsaturated/α-hetero) is 1. The number of ketones is 1. The van der Waals surface area contributed by atoms with Crippen molar-refractivity contribution in [2.24, 2.45) is 0 Å². The summed E-state index contributed by atoms with van der Waals surface area (Å²) in [5.74, 6) is -2.16. The number of aliphatic carboxylic acids is 1. The van der Waals surface area contributed by atoms with Gasteiger partial charge in [-0.05, 0) is 32.6 Å². The maximum atomic E-state index is 13.5. The fourth-order valence-corrected chi connectivity index (χ4v) is 4.74. The van der Waals surface area contributed by atoms with Crippen LogP contribution in [0.15, 0.2) is 36.4 Å². The third-order valence-corrected chi connectivity index (χ3v) is 6.66. The number of carboxylic acids is 1. The van der Waals surface area contributed by atoms with E-state index in [4.69, 9.17) is 9.47 Å². The normalized spacial score (nSPS) is 18.3. The molecule has 2 atom stereocenters. The Morgan fingerprint density at radius 1 is 1.15 bits per heavy atom. The van der Waals surface area contributed by atoms with Crippen molar-refractivity contribution >= 4 is 23.8 Å². The van der Waals surface area contributed by atoms with Gasteiger partial charge >= 0.3 is 12.1 Å². The number of nitrogens with zero attached hydrogens (tertiary/aromatic N) is 3. The van der Waals surface area contributed by atoms with Gasteiger partial charge in [0.2, 0.25) is 5.88 Å². The van der Waals surface area contributed by atoms with E-state index in [1.54, 1.807) is 19.1 Å². The topological polar surface area (TPSA) is 160 Å². The minimum Gasteiger partial charge on any atom is -0.481 e. The zero-order valence-corrected chi connectivity index (χ0v) is 21.8. The van der Waals surface area contributed by atoms with Crippen LogP contribution in [-0.4, -0.2) is 88.2 Å². The van der Waals surface area contributed by atoms with Gasteiger partial charge in [0, 0.05) is 31.3 Å². The number of amides is 2. The number of hydrogen-bond acceptors (Lipinski definition) is 9. The highest BCUT2D eigenvalue weighted by atomic mass is 16.6. The molecule has 0 spiro atoms. The average molecular weight is 540 g/mol. The minimum atomic E-state index is -1.41. The highest BCUT2D eigenvalue weighted by molar-refractivity contribution is 6.00. The monoisotopic (exact) mass is 539 g/mol. The summed E-state index contributed by atoms with van der Waals surface area (Å²) in [5, 5.41) is 15.1. The second-order valence-corrected chi connectivity index (χ2v) is 9.44. The van der Waals surface area contributed by atoms with Gasteiger partial charge in [0.1, 0.15) is 23.9 Å². The first-order valence-electron chi connectivity index (χ1n) is 13.2. The Kier molecular flexibility index (Phi) is 9.42. The largest absolute Gasteiger partial charge is 0.481 e. The van der Waals surface area contributed by atoms with Crippen molar-refractivity contribution in [3.8, 4) is 17.3 Å². The van der Waals surface area contributed by atoms with Crippen molar-refractivity contribution in [3.05, 3.63) is 42.1 Å². The average Bonchev–Trinajstić information content (AvgIpc) is 3.45. The van der Waals surface area contributed by atoms with E-state index in [0.29, 0.717) is 12.1 Å². The first-order chi connectivity index (χ1) is 18.9. The summed E-state index contributed by atoms with van der Waals surface area (Å²) in [7, 11) is 0. The Morgan fingerprint density at radius 3 is 2.59 bits per heavy atom. The second-order valence-electron chi connectivity index (χ2n) is 9.44. The number of aromatic nitrogens is 2. The molecule has 1 aromatic heterocycles. The molecule has 3 N–H and O–H groups in total. The van der Waals surface area contributed by atoms with Gasteiger partial charge in [-0.15, -0.1) is 0 Å². The van der Waals surface area contributed by atoms with Crippen LogP contribution in [0, 0.1) is 0 Å². The van der Waals surface area contributed by atoms with Crippen LogP contribution in [-0.2, 0) is 14.3 Å². The number of hydrogen-bond donors (Lipinski definition) is 3. The molecule has 2 aliphatic rings. The van der Waals surface area contributed by atoms with Crippen molar-refractivity contribution in [2.45, 2.75) is 57.2 Å². The van der Waals surface area contributed by atoms with E-state index in [1.807, 2.05) is 18.2 Å². The van der Waals surface area contributed by atoms with E-state index in [1.165, 1.54) is 11.0 Å². The molecule has 12 heteroatoms. The number of carbonyl (C=O) groups is 4. The summed E-state index contributed by atoms with van der Waals surface area (Å²) in [4.78, 5) is 61.1. The summed E-state index contributed by atoms with van der Waals surface area (Å²) in [6.07, 6.45) is 2.50. The first kappa shape index (κ1) is 28.0. The lowest BCUT2D eigenvalue weighted by molar-refractivity contribution is -0.140. The molecule has 1 unspecified atom stereocenters. The molecule has 4 rings (SSSR count). The second kappa shape index (κ2) is 13.1. The zero-order valence-electron chi connectivity index (χ0n) is 21.8. The molecule has 1 saturated heterocycles. The molecule has 2 amide bonds. The number of carboxylic acid groups (broad SMARTS) is 1. The van der Waals surface area contributed by atoms with Crippen molar-refractivity contribution in [3.63, 3.8) is 0 Å². The Labute approximate surface area is 226 Å². The smallest absolute Gasteiger partial charge is 0.410 e. The molecule has 0 bridgehead atoms. The number of ether oxygens (including phenoxy) is 2. The van der Waals surface area contributed by atoms with Crippen molar-refractivity contribution in [2.75, 3.05) is 26.2 Å². The van der Waals surface area contributed by atoms with E-state index < -0.39 is 42.3 Å². The molecule has 1 aromatic carbocycles. The fraction of sp³-hybridized carbons (Fsp3) is 0.481. The summed E-state index contributed by atoms with van der Waals surface area (Å²) in [6.45, 7) is 2.54. The van der Waals surface area contributed by atoms with Crippen LogP contribution in [0.4, 0.5) is 4.79 Å². The number of benzene rings is 1. The quantitative estimate of drug-likeness (QED) is 0.408. The Morgan fingerprint density at radius 2 is 1.90 bits per heavy atom. The van der Waals surface area contributed by atoms with E-state index in [-0.39, 0.29) is 43.2 Å². The third kappa shape index (κ3) is 7.29. The lowest BCUT2D eigenvalue weighted by Gasteiger charge is -2.35. The predicted molar refractivity (Wildman–Crippen MR) is 139 cm³/mol. The maximum Gasteiger partial charge on any atom is 0.410 e. The van der Waals surface area contributed by atoms with Crippen molar-refractivity contribution in [1.29, 1.82) is 0 Å². The Bertz CT molecular complexity index is 1190. The van der Waals surface area contributed by atoms with Gasteiger partial charge < -0.3 is 25.2 Å². The zero-order chi connectivity index (χ0) is 27.8. The molecule has 2 aromatic rings. The fourth-order valence-electron chi connectivity index (χ4n) is 4.74. The van der Waals surface area contributed by atoms with Crippen LogP contribution in [0.5, 0.6) is 5.88 Å². The number of carbonyl (C=O) groups excluding carboxylic acids is 3. The number of nitrogens with one attached hydrogen (secondary N) is 2. The molecular formula is C27H33N5O7.